The SMILES string of the molecule is CNC1(C)CCN(C(=O)c2cc(C)nnc2C)CC1. The third kappa shape index (κ3) is 2.92. The zero-order chi connectivity index (χ0) is 14.0. The Morgan fingerprint density at radius 2 is 1.95 bits per heavy atom. The number of likely N-dealkylation sites (tertiary alicyclic amines) is 1. The van der Waals surface area contributed by atoms with Crippen LogP contribution in [0.5, 0.6) is 0 Å². The van der Waals surface area contributed by atoms with Crippen molar-refractivity contribution in [3.8, 4) is 0 Å². The van der Waals surface area contributed by atoms with E-state index in [4.69, 9.17) is 0 Å². The normalized spacial score (nSPS) is 18.4. The van der Waals surface area contributed by atoms with Gasteiger partial charge in [0, 0.05) is 18.6 Å². The van der Waals surface area contributed by atoms with Crippen LogP contribution in [0.15, 0.2) is 6.07 Å². The van der Waals surface area contributed by atoms with Crippen molar-refractivity contribution in [2.45, 2.75) is 39.2 Å². The Morgan fingerprint density at radius 3 is 2.53 bits per heavy atom. The minimum Gasteiger partial charge on any atom is -0.338 e. The second kappa shape index (κ2) is 5.25. The van der Waals surface area contributed by atoms with Crippen LogP contribution in [0, 0.1) is 13.8 Å². The minimum atomic E-state index is 0.0775. The summed E-state index contributed by atoms with van der Waals surface area (Å²) in [6, 6.07) is 1.83. The Labute approximate surface area is 114 Å². The van der Waals surface area contributed by atoms with Crippen LogP contribution in [-0.4, -0.2) is 46.7 Å². The lowest BCUT2D eigenvalue weighted by Crippen LogP contribution is -2.51. The monoisotopic (exact) mass is 262 g/mol. The van der Waals surface area contributed by atoms with Crippen LogP contribution in [0.25, 0.3) is 0 Å². The van der Waals surface area contributed by atoms with E-state index in [2.05, 4.69) is 22.4 Å². The van der Waals surface area contributed by atoms with Crippen LogP contribution in [-0.2, 0) is 0 Å². The van der Waals surface area contributed by atoms with Gasteiger partial charge >= 0.3 is 0 Å². The highest BCUT2D eigenvalue weighted by Crippen LogP contribution is 2.22. The van der Waals surface area contributed by atoms with Crippen molar-refractivity contribution >= 4 is 5.91 Å². The van der Waals surface area contributed by atoms with Crippen molar-refractivity contribution in [3.05, 3.63) is 23.0 Å². The van der Waals surface area contributed by atoms with E-state index in [1.807, 2.05) is 31.9 Å². The van der Waals surface area contributed by atoms with Gasteiger partial charge in [-0.1, -0.05) is 0 Å². The Morgan fingerprint density at radius 1 is 1.32 bits per heavy atom. The molecule has 1 fully saturated rings. The molecule has 1 saturated heterocycles. The number of nitrogens with one attached hydrogen (secondary N) is 1. The molecule has 5 heteroatoms. The second-order valence-electron chi connectivity index (χ2n) is 5.59. The van der Waals surface area contributed by atoms with Gasteiger partial charge in [0.25, 0.3) is 5.91 Å². The first-order chi connectivity index (χ1) is 8.95. The van der Waals surface area contributed by atoms with E-state index in [0.29, 0.717) is 11.3 Å². The Hall–Kier alpha value is -1.49. The molecular formula is C14H22N4O. The lowest BCUT2D eigenvalue weighted by atomic mass is 9.89. The quantitative estimate of drug-likeness (QED) is 0.873. The molecule has 1 aromatic heterocycles. The molecule has 1 aliphatic heterocycles. The summed E-state index contributed by atoms with van der Waals surface area (Å²) in [4.78, 5) is 14.4. The van der Waals surface area contributed by atoms with Gasteiger partial charge in [0.05, 0.1) is 17.0 Å². The molecule has 0 unspecified atom stereocenters. The highest BCUT2D eigenvalue weighted by atomic mass is 16.2. The minimum absolute atomic E-state index is 0.0775. The summed E-state index contributed by atoms with van der Waals surface area (Å²) in [7, 11) is 1.98. The van der Waals surface area contributed by atoms with E-state index >= 15 is 0 Å². The molecule has 104 valence electrons. The molecule has 0 atom stereocenters. The van der Waals surface area contributed by atoms with Gasteiger partial charge in [-0.2, -0.15) is 10.2 Å². The van der Waals surface area contributed by atoms with Crippen LogP contribution in [0.2, 0.25) is 0 Å². The zero-order valence-corrected chi connectivity index (χ0v) is 12.2. The van der Waals surface area contributed by atoms with Gasteiger partial charge in [0.15, 0.2) is 0 Å². The van der Waals surface area contributed by atoms with Gasteiger partial charge < -0.3 is 10.2 Å². The molecule has 1 N–H and O–H groups in total. The van der Waals surface area contributed by atoms with E-state index in [9.17, 15) is 4.79 Å². The first-order valence-corrected chi connectivity index (χ1v) is 6.74. The number of aryl methyl sites for hydroxylation is 2. The molecule has 0 spiro atoms. The fourth-order valence-electron chi connectivity index (χ4n) is 2.39. The molecule has 19 heavy (non-hydrogen) atoms. The summed E-state index contributed by atoms with van der Waals surface area (Å²) in [5, 5.41) is 11.3. The van der Waals surface area contributed by atoms with E-state index < -0.39 is 0 Å². The number of hydrogen-bond donors (Lipinski definition) is 1. The fraction of sp³-hybridized carbons (Fsp3) is 0.643. The van der Waals surface area contributed by atoms with Gasteiger partial charge in [-0.25, -0.2) is 0 Å². The first kappa shape index (κ1) is 13.9. The molecule has 0 radical (unpaired) electrons. The molecular weight excluding hydrogens is 240 g/mol. The van der Waals surface area contributed by atoms with E-state index in [0.717, 1.165) is 31.6 Å². The lowest BCUT2D eigenvalue weighted by molar-refractivity contribution is 0.0660. The second-order valence-corrected chi connectivity index (χ2v) is 5.59. The number of nitrogens with zero attached hydrogens (tertiary/aromatic N) is 3. The van der Waals surface area contributed by atoms with Crippen molar-refractivity contribution in [3.63, 3.8) is 0 Å². The maximum absolute atomic E-state index is 12.5. The zero-order valence-electron chi connectivity index (χ0n) is 12.2. The van der Waals surface area contributed by atoms with Gasteiger partial charge in [-0.05, 0) is 46.7 Å². The standard InChI is InChI=1S/C14H22N4O/c1-10-9-12(11(2)17-16-10)13(19)18-7-5-14(3,15-4)6-8-18/h9,15H,5-8H2,1-4H3. The predicted octanol–water partition coefficient (Wildman–Crippen LogP) is 1.31. The molecule has 1 aromatic rings. The van der Waals surface area contributed by atoms with E-state index in [1.54, 1.807) is 0 Å². The summed E-state index contributed by atoms with van der Waals surface area (Å²) in [6.45, 7) is 7.48. The number of aromatic nitrogens is 2. The smallest absolute Gasteiger partial charge is 0.255 e. The highest BCUT2D eigenvalue weighted by molar-refractivity contribution is 5.95. The first-order valence-electron chi connectivity index (χ1n) is 6.74. The number of piperidine rings is 1. The third-order valence-electron chi connectivity index (χ3n) is 4.09. The summed E-state index contributed by atoms with van der Waals surface area (Å²) in [6.07, 6.45) is 1.96. The van der Waals surface area contributed by atoms with Crippen LogP contribution in [0.3, 0.4) is 0 Å². The Kier molecular flexibility index (Phi) is 3.85. The van der Waals surface area contributed by atoms with Gasteiger partial charge in [-0.15, -0.1) is 0 Å². The number of amides is 1. The highest BCUT2D eigenvalue weighted by Gasteiger charge is 2.31. The van der Waals surface area contributed by atoms with E-state index in [1.165, 1.54) is 0 Å². The summed E-state index contributed by atoms with van der Waals surface area (Å²) in [5.74, 6) is 0.0775. The number of carbonyl (C=O) groups is 1. The van der Waals surface area contributed by atoms with Crippen LogP contribution >= 0.6 is 0 Å². The van der Waals surface area contributed by atoms with E-state index in [-0.39, 0.29) is 11.4 Å². The average molecular weight is 262 g/mol. The largest absolute Gasteiger partial charge is 0.338 e. The van der Waals surface area contributed by atoms with Crippen molar-refractivity contribution in [1.82, 2.24) is 20.4 Å². The van der Waals surface area contributed by atoms with Crippen molar-refractivity contribution < 1.29 is 4.79 Å². The van der Waals surface area contributed by atoms with Gasteiger partial charge in [0.1, 0.15) is 0 Å². The molecule has 0 aliphatic carbocycles. The van der Waals surface area contributed by atoms with Crippen molar-refractivity contribution in [1.29, 1.82) is 0 Å². The Balaban J connectivity index is 2.11. The van der Waals surface area contributed by atoms with Crippen molar-refractivity contribution in [2.75, 3.05) is 20.1 Å². The topological polar surface area (TPSA) is 58.1 Å². The number of hydrogen-bond acceptors (Lipinski definition) is 4. The molecule has 5 nitrogen and oxygen atoms in total. The molecule has 2 rings (SSSR count). The Bertz CT molecular complexity index is 478. The fourth-order valence-corrected chi connectivity index (χ4v) is 2.39. The summed E-state index contributed by atoms with van der Waals surface area (Å²) < 4.78 is 0. The van der Waals surface area contributed by atoms with Crippen LogP contribution < -0.4 is 5.32 Å². The van der Waals surface area contributed by atoms with Crippen molar-refractivity contribution in [2.24, 2.45) is 0 Å². The maximum atomic E-state index is 12.5. The maximum Gasteiger partial charge on any atom is 0.255 e. The average Bonchev–Trinajstić information content (AvgIpc) is 2.42. The van der Waals surface area contributed by atoms with Gasteiger partial charge in [0.2, 0.25) is 0 Å². The molecule has 1 amide bonds. The molecule has 0 aromatic carbocycles. The molecule has 0 saturated carbocycles. The molecule has 2 heterocycles. The molecule has 0 bridgehead atoms. The molecule has 1 aliphatic rings. The van der Waals surface area contributed by atoms with Crippen LogP contribution in [0.4, 0.5) is 0 Å². The third-order valence-corrected chi connectivity index (χ3v) is 4.09. The predicted molar refractivity (Wildman–Crippen MR) is 74.1 cm³/mol. The lowest BCUT2D eigenvalue weighted by Gasteiger charge is -2.39. The number of rotatable bonds is 2. The summed E-state index contributed by atoms with van der Waals surface area (Å²) in [5.41, 5.74) is 2.32. The number of carbonyl (C=O) groups excluding carboxylic acids is 1. The van der Waals surface area contributed by atoms with Crippen LogP contribution in [0.1, 0.15) is 41.5 Å². The summed E-state index contributed by atoms with van der Waals surface area (Å²) >= 11 is 0. The van der Waals surface area contributed by atoms with Gasteiger partial charge in [-0.3, -0.25) is 4.79 Å².